The molecule has 6 heteroatoms. The van der Waals surface area contributed by atoms with E-state index in [1.807, 2.05) is 17.0 Å². The lowest BCUT2D eigenvalue weighted by molar-refractivity contribution is -0.141. The van der Waals surface area contributed by atoms with Gasteiger partial charge in [0.2, 0.25) is 11.8 Å². The van der Waals surface area contributed by atoms with Gasteiger partial charge in [0, 0.05) is 18.0 Å². The summed E-state index contributed by atoms with van der Waals surface area (Å²) in [7, 11) is 0. The van der Waals surface area contributed by atoms with Crippen LogP contribution in [0.2, 0.25) is 0 Å². The molecule has 0 bridgehead atoms. The summed E-state index contributed by atoms with van der Waals surface area (Å²) < 4.78 is 13.3. The number of carbonyl (C=O) groups is 2. The third-order valence-corrected chi connectivity index (χ3v) is 7.49. The molecule has 1 aromatic heterocycles. The van der Waals surface area contributed by atoms with Crippen LogP contribution in [0.25, 0.3) is 0 Å². The van der Waals surface area contributed by atoms with Gasteiger partial charge >= 0.3 is 0 Å². The van der Waals surface area contributed by atoms with Crippen LogP contribution < -0.4 is 0 Å². The maximum atomic E-state index is 13.7. The number of thiophene rings is 1. The lowest BCUT2D eigenvalue weighted by atomic mass is 9.90. The third kappa shape index (κ3) is 5.39. The fourth-order valence-corrected chi connectivity index (χ4v) is 5.50. The molecule has 2 amide bonds. The highest BCUT2D eigenvalue weighted by Gasteiger charge is 2.34. The van der Waals surface area contributed by atoms with Gasteiger partial charge in [-0.25, -0.2) is 4.39 Å². The van der Waals surface area contributed by atoms with Gasteiger partial charge in [-0.15, -0.1) is 11.3 Å². The fraction of sp³-hybridized carbons (Fsp3) is 0.357. The number of carbonyl (C=O) groups excluding carboxylic acids is 2. The van der Waals surface area contributed by atoms with E-state index in [9.17, 15) is 14.0 Å². The molecule has 1 aliphatic heterocycles. The largest absolute Gasteiger partial charge is 0.333 e. The topological polar surface area (TPSA) is 40.6 Å². The minimum atomic E-state index is -0.325. The SMILES string of the molecule is CCCCN(CC(=O)N1CCc2sccc2C1c1ccccc1C)C(=O)Cc1ccc(F)cc1. The standard InChI is InChI=1S/C28H31FN2O2S/c1-3-4-15-30(26(32)18-21-9-11-22(29)12-10-21)19-27(33)31-16-13-25-24(14-17-34-25)28(31)23-8-6-5-7-20(23)2/h5-12,14,17,28H,3-4,13,15-16,18-19H2,1-2H3. The number of fused-ring (bicyclic) bond motifs is 1. The molecule has 0 saturated heterocycles. The van der Waals surface area contributed by atoms with Crippen molar-refractivity contribution in [1.29, 1.82) is 0 Å². The number of nitrogens with zero attached hydrogens (tertiary/aromatic N) is 2. The first kappa shape index (κ1) is 24.1. The Labute approximate surface area is 205 Å². The van der Waals surface area contributed by atoms with Crippen molar-refractivity contribution in [1.82, 2.24) is 9.80 Å². The molecule has 0 saturated carbocycles. The lowest BCUT2D eigenvalue weighted by Gasteiger charge is -2.38. The number of amides is 2. The van der Waals surface area contributed by atoms with Crippen molar-refractivity contribution < 1.29 is 14.0 Å². The molecule has 2 aromatic carbocycles. The van der Waals surface area contributed by atoms with Gasteiger partial charge < -0.3 is 9.80 Å². The van der Waals surface area contributed by atoms with Crippen molar-refractivity contribution >= 4 is 23.2 Å². The Morgan fingerprint density at radius 2 is 1.85 bits per heavy atom. The van der Waals surface area contributed by atoms with Gasteiger partial charge in [-0.2, -0.15) is 0 Å². The van der Waals surface area contributed by atoms with Gasteiger partial charge in [-0.05, 0) is 65.6 Å². The normalized spacial score (nSPS) is 15.1. The molecular weight excluding hydrogens is 447 g/mol. The first-order valence-corrected chi connectivity index (χ1v) is 12.8. The molecule has 0 fully saturated rings. The number of unbranched alkanes of at least 4 members (excludes halogenated alkanes) is 1. The molecule has 1 aliphatic rings. The second kappa shape index (κ2) is 11.0. The monoisotopic (exact) mass is 478 g/mol. The van der Waals surface area contributed by atoms with Crippen molar-refractivity contribution in [3.05, 3.63) is 92.9 Å². The van der Waals surface area contributed by atoms with E-state index in [0.29, 0.717) is 13.1 Å². The van der Waals surface area contributed by atoms with E-state index >= 15 is 0 Å². The smallest absolute Gasteiger partial charge is 0.242 e. The summed E-state index contributed by atoms with van der Waals surface area (Å²) in [4.78, 5) is 31.8. The van der Waals surface area contributed by atoms with Crippen molar-refractivity contribution in [3.8, 4) is 0 Å². The minimum absolute atomic E-state index is 0.0336. The number of benzene rings is 2. The Kier molecular flexibility index (Phi) is 7.78. The first-order valence-electron chi connectivity index (χ1n) is 11.9. The van der Waals surface area contributed by atoms with Crippen LogP contribution in [0.5, 0.6) is 0 Å². The summed E-state index contributed by atoms with van der Waals surface area (Å²) in [6.07, 6.45) is 2.76. The van der Waals surface area contributed by atoms with Crippen LogP contribution in [0.4, 0.5) is 4.39 Å². The minimum Gasteiger partial charge on any atom is -0.333 e. The fourth-order valence-electron chi connectivity index (χ4n) is 4.60. The summed E-state index contributed by atoms with van der Waals surface area (Å²) in [6, 6.07) is 16.2. The summed E-state index contributed by atoms with van der Waals surface area (Å²) in [5.74, 6) is -0.461. The molecule has 2 heterocycles. The predicted molar refractivity (Wildman–Crippen MR) is 134 cm³/mol. The van der Waals surface area contributed by atoms with E-state index in [0.717, 1.165) is 36.0 Å². The van der Waals surface area contributed by atoms with Crippen molar-refractivity contribution in [2.75, 3.05) is 19.6 Å². The maximum Gasteiger partial charge on any atom is 0.242 e. The zero-order valence-electron chi connectivity index (χ0n) is 19.8. The third-order valence-electron chi connectivity index (χ3n) is 6.50. The van der Waals surface area contributed by atoms with Crippen molar-refractivity contribution in [2.45, 2.75) is 45.6 Å². The molecule has 0 spiro atoms. The van der Waals surface area contributed by atoms with Crippen LogP contribution in [0.3, 0.4) is 0 Å². The number of hydrogen-bond acceptors (Lipinski definition) is 3. The Morgan fingerprint density at radius 3 is 2.59 bits per heavy atom. The Balaban J connectivity index is 1.56. The highest BCUT2D eigenvalue weighted by molar-refractivity contribution is 7.10. The number of hydrogen-bond donors (Lipinski definition) is 0. The number of rotatable bonds is 8. The summed E-state index contributed by atoms with van der Waals surface area (Å²) >= 11 is 1.75. The second-order valence-corrected chi connectivity index (χ2v) is 9.87. The molecule has 1 unspecified atom stereocenters. The summed E-state index contributed by atoms with van der Waals surface area (Å²) in [6.45, 7) is 5.38. The molecule has 1 atom stereocenters. The molecule has 0 N–H and O–H groups in total. The average Bonchev–Trinajstić information content (AvgIpc) is 3.32. The maximum absolute atomic E-state index is 13.7. The van der Waals surface area contributed by atoms with E-state index in [-0.39, 0.29) is 36.6 Å². The van der Waals surface area contributed by atoms with Crippen LogP contribution in [0, 0.1) is 12.7 Å². The van der Waals surface area contributed by atoms with Gasteiger partial charge in [0.05, 0.1) is 19.0 Å². The molecule has 0 aliphatic carbocycles. The molecule has 178 valence electrons. The molecule has 4 rings (SSSR count). The van der Waals surface area contributed by atoms with Gasteiger partial charge in [0.1, 0.15) is 5.82 Å². The van der Waals surface area contributed by atoms with E-state index in [2.05, 4.69) is 37.4 Å². The van der Waals surface area contributed by atoms with E-state index in [4.69, 9.17) is 0 Å². The predicted octanol–water partition coefficient (Wildman–Crippen LogP) is 5.54. The zero-order valence-corrected chi connectivity index (χ0v) is 20.6. The summed E-state index contributed by atoms with van der Waals surface area (Å²) in [5.41, 5.74) is 4.23. The Bertz CT molecular complexity index is 1140. The molecule has 3 aromatic rings. The van der Waals surface area contributed by atoms with Gasteiger partial charge in [0.15, 0.2) is 0 Å². The van der Waals surface area contributed by atoms with Crippen molar-refractivity contribution in [2.24, 2.45) is 0 Å². The highest BCUT2D eigenvalue weighted by atomic mass is 32.1. The van der Waals surface area contributed by atoms with Crippen LogP contribution in [-0.2, 0) is 22.4 Å². The van der Waals surface area contributed by atoms with Crippen molar-refractivity contribution in [3.63, 3.8) is 0 Å². The molecular formula is C28H31FN2O2S. The van der Waals surface area contributed by atoms with E-state index in [1.165, 1.54) is 22.6 Å². The van der Waals surface area contributed by atoms with E-state index in [1.54, 1.807) is 28.4 Å². The second-order valence-electron chi connectivity index (χ2n) is 8.87. The van der Waals surface area contributed by atoms with Gasteiger partial charge in [-0.1, -0.05) is 49.7 Å². The number of aryl methyl sites for hydroxylation is 1. The number of halogens is 1. The van der Waals surface area contributed by atoms with Crippen LogP contribution >= 0.6 is 11.3 Å². The zero-order chi connectivity index (χ0) is 24.1. The first-order chi connectivity index (χ1) is 16.5. The van der Waals surface area contributed by atoms with Crippen LogP contribution in [0.15, 0.2) is 60.0 Å². The Hall–Kier alpha value is -2.99. The van der Waals surface area contributed by atoms with Crippen LogP contribution in [0.1, 0.15) is 52.9 Å². The quantitative estimate of drug-likeness (QED) is 0.426. The lowest BCUT2D eigenvalue weighted by Crippen LogP contribution is -2.47. The molecule has 0 radical (unpaired) electrons. The molecule has 34 heavy (non-hydrogen) atoms. The van der Waals surface area contributed by atoms with Crippen LogP contribution in [-0.4, -0.2) is 41.2 Å². The summed E-state index contributed by atoms with van der Waals surface area (Å²) in [5, 5.41) is 2.10. The van der Waals surface area contributed by atoms with Gasteiger partial charge in [-0.3, -0.25) is 9.59 Å². The average molecular weight is 479 g/mol. The van der Waals surface area contributed by atoms with Gasteiger partial charge in [0.25, 0.3) is 0 Å². The molecule has 4 nitrogen and oxygen atoms in total. The Morgan fingerprint density at radius 1 is 1.09 bits per heavy atom. The highest BCUT2D eigenvalue weighted by Crippen LogP contribution is 2.39. The van der Waals surface area contributed by atoms with E-state index < -0.39 is 0 Å².